The molecule has 3 aliphatic heterocycles. The van der Waals surface area contributed by atoms with Crippen LogP contribution >= 0.6 is 11.6 Å². The second-order valence-corrected chi connectivity index (χ2v) is 13.8. The molecule has 1 fully saturated rings. The molecule has 0 unspecified atom stereocenters. The minimum atomic E-state index is -0.978. The number of nitrogens with zero attached hydrogens (tertiary/aromatic N) is 4. The van der Waals surface area contributed by atoms with E-state index in [1.807, 2.05) is 86.8 Å². The number of carbonyl (C=O) groups excluding carboxylic acids is 1. The predicted molar refractivity (Wildman–Crippen MR) is 183 cm³/mol. The first kappa shape index (κ1) is 31.8. The number of halogens is 1. The Bertz CT molecular complexity index is 1830. The van der Waals surface area contributed by atoms with Gasteiger partial charge in [0, 0.05) is 41.0 Å². The number of esters is 1. The number of piperidine rings is 1. The van der Waals surface area contributed by atoms with E-state index in [0.717, 1.165) is 59.9 Å². The number of carbonyl (C=O) groups is 1. The molecular formula is C37H41ClN4O4. The fourth-order valence-corrected chi connectivity index (χ4v) is 6.38. The van der Waals surface area contributed by atoms with Crippen LogP contribution in [-0.4, -0.2) is 53.0 Å². The van der Waals surface area contributed by atoms with Gasteiger partial charge in [0.25, 0.3) is 0 Å². The third kappa shape index (κ3) is 6.55. The van der Waals surface area contributed by atoms with Crippen LogP contribution in [0.4, 0.5) is 5.82 Å². The molecule has 9 heteroatoms. The monoisotopic (exact) mass is 640 g/mol. The number of benzene rings is 2. The van der Waals surface area contributed by atoms with E-state index in [4.69, 9.17) is 35.9 Å². The number of methoxy groups -OCH3 is 1. The number of anilines is 1. The molecule has 7 rings (SSSR count). The fourth-order valence-electron chi connectivity index (χ4n) is 6.21. The summed E-state index contributed by atoms with van der Waals surface area (Å²) in [6.07, 6.45) is 9.33. The lowest BCUT2D eigenvalue weighted by Crippen LogP contribution is -2.40. The number of hydrogen-bond donors (Lipinski definition) is 0. The molecule has 0 spiro atoms. The molecule has 0 saturated carbocycles. The molecule has 0 N–H and O–H groups in total. The summed E-state index contributed by atoms with van der Waals surface area (Å²) in [4.78, 5) is 20.6. The highest BCUT2D eigenvalue weighted by atomic mass is 35.5. The largest absolute Gasteiger partial charge is 0.489 e. The van der Waals surface area contributed by atoms with Gasteiger partial charge in [-0.25, -0.2) is 9.78 Å². The van der Waals surface area contributed by atoms with E-state index >= 15 is 0 Å². The Morgan fingerprint density at radius 2 is 1.83 bits per heavy atom. The van der Waals surface area contributed by atoms with E-state index in [1.54, 1.807) is 0 Å². The Kier molecular flexibility index (Phi) is 8.70. The molecule has 6 bridgehead atoms. The van der Waals surface area contributed by atoms with Crippen molar-refractivity contribution in [2.45, 2.75) is 59.2 Å². The van der Waals surface area contributed by atoms with Crippen LogP contribution in [0.1, 0.15) is 57.9 Å². The molecule has 8 nitrogen and oxygen atoms in total. The van der Waals surface area contributed by atoms with E-state index < -0.39 is 17.7 Å². The van der Waals surface area contributed by atoms with Gasteiger partial charge in [0.2, 0.25) is 0 Å². The van der Waals surface area contributed by atoms with Crippen molar-refractivity contribution < 1.29 is 19.0 Å². The zero-order valence-corrected chi connectivity index (χ0v) is 28.1. The molecule has 3 aliphatic rings. The van der Waals surface area contributed by atoms with Gasteiger partial charge in [-0.05, 0) is 81.9 Å². The molecule has 1 saturated heterocycles. The van der Waals surface area contributed by atoms with Crippen molar-refractivity contribution in [1.82, 2.24) is 14.6 Å². The molecule has 0 radical (unpaired) electrons. The normalized spacial score (nSPS) is 17.5. The molecule has 0 amide bonds. The minimum absolute atomic E-state index is 0.00735. The van der Waals surface area contributed by atoms with Gasteiger partial charge in [-0.3, -0.25) is 0 Å². The molecule has 2 aromatic carbocycles. The SMILES string of the molecule is COC(=O)[C@@H](OC(C)(C)C)c1c(C)nc2cc3nn2c1N1CCC(C)(/C=C/C=CCOc2ccc(Cl)cc2-c2cccc-3c2)CC1. The number of aromatic nitrogens is 3. The zero-order valence-electron chi connectivity index (χ0n) is 27.3. The summed E-state index contributed by atoms with van der Waals surface area (Å²) in [6, 6.07) is 15.8. The van der Waals surface area contributed by atoms with Crippen LogP contribution in [0.5, 0.6) is 5.75 Å². The van der Waals surface area contributed by atoms with Gasteiger partial charge in [-0.1, -0.05) is 55.0 Å². The third-order valence-electron chi connectivity index (χ3n) is 8.65. The van der Waals surface area contributed by atoms with Gasteiger partial charge in [0.15, 0.2) is 11.8 Å². The maximum absolute atomic E-state index is 13.4. The molecular weight excluding hydrogens is 600 g/mol. The lowest BCUT2D eigenvalue weighted by molar-refractivity contribution is -0.164. The summed E-state index contributed by atoms with van der Waals surface area (Å²) in [7, 11) is 1.39. The Morgan fingerprint density at radius 1 is 1.07 bits per heavy atom. The number of rotatable bonds is 3. The second kappa shape index (κ2) is 12.6. The zero-order chi connectivity index (χ0) is 32.6. The molecule has 0 aliphatic carbocycles. The van der Waals surface area contributed by atoms with Crippen LogP contribution < -0.4 is 9.64 Å². The highest BCUT2D eigenvalue weighted by Crippen LogP contribution is 2.41. The highest BCUT2D eigenvalue weighted by molar-refractivity contribution is 6.31. The first-order valence-electron chi connectivity index (χ1n) is 15.7. The number of hydrogen-bond acceptors (Lipinski definition) is 7. The van der Waals surface area contributed by atoms with Gasteiger partial charge in [0.1, 0.15) is 18.2 Å². The fraction of sp³-hybridized carbons (Fsp3) is 0.378. The lowest BCUT2D eigenvalue weighted by atomic mass is 9.80. The van der Waals surface area contributed by atoms with Crippen molar-refractivity contribution in [1.29, 1.82) is 0 Å². The Labute approximate surface area is 275 Å². The van der Waals surface area contributed by atoms with Crippen LogP contribution in [0.25, 0.3) is 28.0 Å². The predicted octanol–water partition coefficient (Wildman–Crippen LogP) is 8.17. The smallest absolute Gasteiger partial charge is 0.339 e. The number of fused-ring (bicyclic) bond motifs is 5. The average Bonchev–Trinajstić information content (AvgIpc) is 3.44. The van der Waals surface area contributed by atoms with Gasteiger partial charge in [-0.15, -0.1) is 0 Å². The van der Waals surface area contributed by atoms with Gasteiger partial charge >= 0.3 is 5.97 Å². The summed E-state index contributed by atoms with van der Waals surface area (Å²) in [5.41, 5.74) is 4.99. The van der Waals surface area contributed by atoms with Crippen LogP contribution in [0, 0.1) is 12.3 Å². The van der Waals surface area contributed by atoms with E-state index in [9.17, 15) is 4.79 Å². The van der Waals surface area contributed by atoms with Crippen molar-refractivity contribution >= 4 is 29.0 Å². The molecule has 5 heterocycles. The molecule has 4 aromatic rings. The van der Waals surface area contributed by atoms with Crippen LogP contribution in [0.2, 0.25) is 5.02 Å². The molecule has 1 atom stereocenters. The summed E-state index contributed by atoms with van der Waals surface area (Å²) in [5, 5.41) is 5.77. The Hall–Kier alpha value is -4.14. The van der Waals surface area contributed by atoms with Gasteiger partial charge in [0.05, 0.1) is 24.0 Å². The summed E-state index contributed by atoms with van der Waals surface area (Å²) in [6.45, 7) is 12.0. The van der Waals surface area contributed by atoms with Gasteiger partial charge in [-0.2, -0.15) is 9.61 Å². The average molecular weight is 641 g/mol. The molecule has 46 heavy (non-hydrogen) atoms. The second-order valence-electron chi connectivity index (χ2n) is 13.3. The summed E-state index contributed by atoms with van der Waals surface area (Å²) >= 11 is 6.46. The van der Waals surface area contributed by atoms with Crippen molar-refractivity contribution in [2.75, 3.05) is 31.7 Å². The Balaban J connectivity index is 1.58. The van der Waals surface area contributed by atoms with Crippen LogP contribution in [-0.2, 0) is 14.3 Å². The molecule has 240 valence electrons. The van der Waals surface area contributed by atoms with Crippen LogP contribution in [0.3, 0.4) is 0 Å². The van der Waals surface area contributed by atoms with E-state index in [-0.39, 0.29) is 5.41 Å². The number of aryl methyl sites for hydroxylation is 1. The van der Waals surface area contributed by atoms with Crippen molar-refractivity contribution in [3.8, 4) is 28.1 Å². The first-order valence-corrected chi connectivity index (χ1v) is 16.1. The highest BCUT2D eigenvalue weighted by Gasteiger charge is 2.37. The molecule has 2 aromatic heterocycles. The summed E-state index contributed by atoms with van der Waals surface area (Å²) < 4.78 is 19.8. The van der Waals surface area contributed by atoms with E-state index in [0.29, 0.717) is 28.5 Å². The summed E-state index contributed by atoms with van der Waals surface area (Å²) in [5.74, 6) is 1.08. The van der Waals surface area contributed by atoms with Crippen molar-refractivity contribution in [3.63, 3.8) is 0 Å². The van der Waals surface area contributed by atoms with E-state index in [2.05, 4.69) is 30.0 Å². The number of allylic oxidation sites excluding steroid dienone is 3. The lowest BCUT2D eigenvalue weighted by Gasteiger charge is -2.40. The first-order chi connectivity index (χ1) is 21.9. The van der Waals surface area contributed by atoms with Crippen molar-refractivity contribution in [3.05, 3.63) is 89.1 Å². The minimum Gasteiger partial charge on any atom is -0.489 e. The van der Waals surface area contributed by atoms with Crippen molar-refractivity contribution in [2.24, 2.45) is 5.41 Å². The van der Waals surface area contributed by atoms with Crippen LogP contribution in [0.15, 0.2) is 72.8 Å². The topological polar surface area (TPSA) is 78.2 Å². The van der Waals surface area contributed by atoms with E-state index in [1.165, 1.54) is 7.11 Å². The maximum atomic E-state index is 13.4. The van der Waals surface area contributed by atoms with Gasteiger partial charge < -0.3 is 19.1 Å². The maximum Gasteiger partial charge on any atom is 0.339 e. The Morgan fingerprint density at radius 3 is 2.57 bits per heavy atom. The standard InChI is InChI=1S/C37H41ClN4O4/c1-24-32(33(35(43)44-6)46-36(2,3)4)34-41-18-16-37(5,17-19-41)15-8-7-9-20-45-30-14-13-27(38)22-28(30)25-11-10-12-26(21-25)29-23-31(39-24)42(34)40-29/h7-15,21-23,33H,16-20H2,1-6H3/b9-7?,15-8+/t33-/m0/s1. The quantitative estimate of drug-likeness (QED) is 0.209. The third-order valence-corrected chi connectivity index (χ3v) is 8.89. The number of ether oxygens (including phenoxy) is 3.